The minimum atomic E-state index is -6.02. The highest BCUT2D eigenvalue weighted by atomic mass is 127. The van der Waals surface area contributed by atoms with Gasteiger partial charge in [0.25, 0.3) is 5.60 Å². The Kier molecular flexibility index (Phi) is 6.50. The normalized spacial score (nSPS) is 21.4. The van der Waals surface area contributed by atoms with Crippen LogP contribution in [0.3, 0.4) is 0 Å². The molecule has 0 aromatic heterocycles. The zero-order chi connectivity index (χ0) is 19.0. The van der Waals surface area contributed by atoms with Crippen molar-refractivity contribution >= 4 is 28.6 Å². The minimum Gasteiger partial charge on any atom is -0.457 e. The van der Waals surface area contributed by atoms with Crippen LogP contribution in [0.2, 0.25) is 0 Å². The van der Waals surface area contributed by atoms with Crippen LogP contribution >= 0.6 is 22.6 Å². The number of halogens is 7. The van der Waals surface area contributed by atoms with Gasteiger partial charge >= 0.3 is 18.3 Å². The summed E-state index contributed by atoms with van der Waals surface area (Å²) in [5.41, 5.74) is -5.09. The van der Waals surface area contributed by atoms with Crippen LogP contribution in [0.25, 0.3) is 0 Å². The summed E-state index contributed by atoms with van der Waals surface area (Å²) < 4.78 is 82.4. The lowest BCUT2D eigenvalue weighted by atomic mass is 9.84. The average molecular weight is 476 g/mol. The fraction of sp³-hybridized carbons (Fsp3) is 0.929. The molecule has 0 radical (unpaired) electrons. The highest BCUT2D eigenvalue weighted by Crippen LogP contribution is 2.50. The van der Waals surface area contributed by atoms with Crippen LogP contribution in [0.1, 0.15) is 46.0 Å². The highest BCUT2D eigenvalue weighted by Gasteiger charge is 2.76. The van der Waals surface area contributed by atoms with Crippen molar-refractivity contribution in [2.45, 2.75) is 73.4 Å². The van der Waals surface area contributed by atoms with E-state index >= 15 is 0 Å². The second-order valence-electron chi connectivity index (χ2n) is 6.18. The van der Waals surface area contributed by atoms with Crippen molar-refractivity contribution in [2.75, 3.05) is 0 Å². The van der Waals surface area contributed by atoms with Gasteiger partial charge in [-0.15, -0.1) is 0 Å². The van der Waals surface area contributed by atoms with E-state index in [-0.39, 0.29) is 19.3 Å². The molecule has 0 amide bonds. The molecule has 3 nitrogen and oxygen atoms in total. The largest absolute Gasteiger partial charge is 0.457 e. The lowest BCUT2D eigenvalue weighted by Gasteiger charge is -2.41. The van der Waals surface area contributed by atoms with E-state index in [1.165, 1.54) is 6.92 Å². The predicted molar refractivity (Wildman–Crippen MR) is 81.6 cm³/mol. The van der Waals surface area contributed by atoms with Crippen molar-refractivity contribution in [3.05, 3.63) is 0 Å². The molecule has 10 heteroatoms. The third kappa shape index (κ3) is 4.10. The van der Waals surface area contributed by atoms with Crippen LogP contribution in [0, 0.1) is 5.92 Å². The Morgan fingerprint density at radius 2 is 1.58 bits per heavy atom. The van der Waals surface area contributed by atoms with Crippen LogP contribution in [-0.2, 0) is 9.53 Å². The lowest BCUT2D eigenvalue weighted by Crippen LogP contribution is -2.67. The Balaban J connectivity index is 3.33. The second kappa shape index (κ2) is 7.16. The Morgan fingerprint density at radius 3 is 1.92 bits per heavy atom. The zero-order valence-corrected chi connectivity index (χ0v) is 15.3. The summed E-state index contributed by atoms with van der Waals surface area (Å²) in [6.07, 6.45) is -13.7. The monoisotopic (exact) mass is 476 g/mol. The average Bonchev–Trinajstić information content (AvgIpc) is 2.94. The Labute approximate surface area is 149 Å². The number of hydrogen-bond donors (Lipinski definition) is 1. The molecule has 0 spiro atoms. The standard InChI is InChI=1S/C14H19F6IO3/c1-3-11(2,21)10(22)24-9(8-6-4-5-7-8)12(23,13(15,16)17)14(18,19)20/h8-9,23H,3-7H2,1-2H3. The van der Waals surface area contributed by atoms with E-state index in [0.29, 0.717) is 12.8 Å². The van der Waals surface area contributed by atoms with Crippen LogP contribution in [-0.4, -0.2) is 38.6 Å². The molecule has 2 atom stereocenters. The molecule has 1 fully saturated rings. The van der Waals surface area contributed by atoms with Crippen molar-refractivity contribution in [3.8, 4) is 0 Å². The summed E-state index contributed by atoms with van der Waals surface area (Å²) in [4.78, 5) is 12.1. The quantitative estimate of drug-likeness (QED) is 0.274. The van der Waals surface area contributed by atoms with Gasteiger partial charge in [0.1, 0.15) is 3.42 Å². The molecule has 1 saturated carbocycles. The Morgan fingerprint density at radius 1 is 1.17 bits per heavy atom. The number of aliphatic hydroxyl groups is 1. The maximum atomic E-state index is 13.2. The summed E-state index contributed by atoms with van der Waals surface area (Å²) in [5.74, 6) is -2.40. The van der Waals surface area contributed by atoms with Gasteiger partial charge in [-0.05, 0) is 32.1 Å². The molecule has 2 unspecified atom stereocenters. The predicted octanol–water partition coefficient (Wildman–Crippen LogP) is 4.55. The topological polar surface area (TPSA) is 46.5 Å². The van der Waals surface area contributed by atoms with Gasteiger partial charge in [0.15, 0.2) is 6.10 Å². The summed E-state index contributed by atoms with van der Waals surface area (Å²) >= 11 is 1.61. The molecule has 142 valence electrons. The molecule has 0 aliphatic heterocycles. The number of ether oxygens (including phenoxy) is 1. The van der Waals surface area contributed by atoms with Crippen molar-refractivity contribution < 1.29 is 41.0 Å². The van der Waals surface area contributed by atoms with Gasteiger partial charge in [-0.25, -0.2) is 0 Å². The Hall–Kier alpha value is -0.260. The number of hydrogen-bond acceptors (Lipinski definition) is 3. The van der Waals surface area contributed by atoms with E-state index in [1.54, 1.807) is 29.5 Å². The van der Waals surface area contributed by atoms with Crippen LogP contribution in [0.5, 0.6) is 0 Å². The first kappa shape index (κ1) is 21.8. The summed E-state index contributed by atoms with van der Waals surface area (Å²) in [6, 6.07) is 0. The molecule has 0 heterocycles. The molecule has 0 bridgehead atoms. The number of rotatable bonds is 5. The fourth-order valence-electron chi connectivity index (χ4n) is 2.65. The number of carbonyl (C=O) groups is 1. The fourth-order valence-corrected chi connectivity index (χ4v) is 2.78. The molecule has 1 N–H and O–H groups in total. The number of esters is 1. The van der Waals surface area contributed by atoms with E-state index < -0.39 is 39.4 Å². The van der Waals surface area contributed by atoms with E-state index in [1.807, 2.05) is 0 Å². The number of alkyl halides is 7. The van der Waals surface area contributed by atoms with Crippen LogP contribution in [0.15, 0.2) is 0 Å². The molecular formula is C14H19F6IO3. The Bertz CT molecular complexity index is 440. The number of carbonyl (C=O) groups excluding carboxylic acids is 1. The third-order valence-electron chi connectivity index (χ3n) is 4.43. The molecule has 0 aromatic carbocycles. The van der Waals surface area contributed by atoms with Gasteiger partial charge in [-0.3, -0.25) is 4.79 Å². The van der Waals surface area contributed by atoms with Gasteiger partial charge in [0.05, 0.1) is 0 Å². The van der Waals surface area contributed by atoms with E-state index in [2.05, 4.69) is 4.74 Å². The maximum Gasteiger partial charge on any atom is 0.430 e. The van der Waals surface area contributed by atoms with Gasteiger partial charge in [0.2, 0.25) is 0 Å². The third-order valence-corrected chi connectivity index (χ3v) is 5.63. The van der Waals surface area contributed by atoms with Gasteiger partial charge in [0, 0.05) is 0 Å². The van der Waals surface area contributed by atoms with Crippen LogP contribution in [0.4, 0.5) is 26.3 Å². The SMILES string of the molecule is CCC(C)(I)C(=O)OC(C1CCCC1)C(O)(C(F)(F)F)C(F)(F)F. The molecule has 0 aromatic rings. The molecular weight excluding hydrogens is 457 g/mol. The lowest BCUT2D eigenvalue weighted by molar-refractivity contribution is -0.396. The smallest absolute Gasteiger partial charge is 0.430 e. The van der Waals surface area contributed by atoms with Gasteiger partial charge in [-0.2, -0.15) is 26.3 Å². The van der Waals surface area contributed by atoms with E-state index in [0.717, 1.165) is 0 Å². The minimum absolute atomic E-state index is 0.0243. The zero-order valence-electron chi connectivity index (χ0n) is 13.1. The van der Waals surface area contributed by atoms with Gasteiger partial charge < -0.3 is 9.84 Å². The molecule has 0 saturated heterocycles. The van der Waals surface area contributed by atoms with Crippen molar-refractivity contribution in [2.24, 2.45) is 5.92 Å². The molecule has 1 aliphatic rings. The molecule has 1 aliphatic carbocycles. The first-order valence-electron chi connectivity index (χ1n) is 7.44. The maximum absolute atomic E-state index is 13.2. The second-order valence-corrected chi connectivity index (χ2v) is 8.56. The van der Waals surface area contributed by atoms with Gasteiger partial charge in [-0.1, -0.05) is 42.4 Å². The van der Waals surface area contributed by atoms with Crippen molar-refractivity contribution in [1.82, 2.24) is 0 Å². The van der Waals surface area contributed by atoms with E-state index in [9.17, 15) is 36.2 Å². The van der Waals surface area contributed by atoms with Crippen LogP contribution < -0.4 is 0 Å². The first-order chi connectivity index (χ1) is 10.7. The summed E-state index contributed by atoms with van der Waals surface area (Å²) in [5, 5.41) is 9.66. The molecule has 24 heavy (non-hydrogen) atoms. The summed E-state index contributed by atoms with van der Waals surface area (Å²) in [6.45, 7) is 2.90. The van der Waals surface area contributed by atoms with E-state index in [4.69, 9.17) is 0 Å². The summed E-state index contributed by atoms with van der Waals surface area (Å²) in [7, 11) is 0. The van der Waals surface area contributed by atoms with Crippen molar-refractivity contribution in [1.29, 1.82) is 0 Å². The van der Waals surface area contributed by atoms with Crippen molar-refractivity contribution in [3.63, 3.8) is 0 Å². The molecule has 1 rings (SSSR count). The first-order valence-corrected chi connectivity index (χ1v) is 8.52. The highest BCUT2D eigenvalue weighted by molar-refractivity contribution is 14.1.